The van der Waals surface area contributed by atoms with E-state index < -0.39 is 5.41 Å². The van der Waals surface area contributed by atoms with Gasteiger partial charge in [-0.1, -0.05) is 12.1 Å². The van der Waals surface area contributed by atoms with Crippen LogP contribution in [0.5, 0.6) is 5.75 Å². The van der Waals surface area contributed by atoms with Crippen molar-refractivity contribution in [2.45, 2.75) is 46.6 Å². The Labute approximate surface area is 164 Å². The lowest BCUT2D eigenvalue weighted by Gasteiger charge is -2.32. The zero-order valence-corrected chi connectivity index (χ0v) is 16.8. The van der Waals surface area contributed by atoms with Crippen molar-refractivity contribution < 1.29 is 14.4 Å². The predicted molar refractivity (Wildman–Crippen MR) is 106 cm³/mol. The molecule has 1 saturated heterocycles. The third kappa shape index (κ3) is 4.98. The van der Waals surface area contributed by atoms with Crippen molar-refractivity contribution >= 4 is 5.97 Å². The molecule has 0 unspecified atom stereocenters. The quantitative estimate of drug-likeness (QED) is 0.871. The lowest BCUT2D eigenvalue weighted by Crippen LogP contribution is -2.41. The summed E-state index contributed by atoms with van der Waals surface area (Å²) in [7, 11) is 0. The maximum absolute atomic E-state index is 12.0. The van der Waals surface area contributed by atoms with Crippen molar-refractivity contribution in [1.82, 2.24) is 15.3 Å². The van der Waals surface area contributed by atoms with E-state index in [1.807, 2.05) is 52.0 Å². The van der Waals surface area contributed by atoms with Gasteiger partial charge in [0.1, 0.15) is 11.9 Å². The Morgan fingerprint density at radius 1 is 1.18 bits per heavy atom. The number of hydrogen-bond donors (Lipinski definition) is 1. The van der Waals surface area contributed by atoms with Gasteiger partial charge in [0.05, 0.1) is 11.1 Å². The summed E-state index contributed by atoms with van der Waals surface area (Å²) in [6, 6.07) is 9.22. The molecule has 1 N–H and O–H groups in total. The summed E-state index contributed by atoms with van der Waals surface area (Å²) in [6.45, 7) is 8.70. The lowest BCUT2D eigenvalue weighted by atomic mass is 9.98. The summed E-state index contributed by atoms with van der Waals surface area (Å²) in [5, 5.41) is 8.16. The van der Waals surface area contributed by atoms with Crippen LogP contribution in [-0.2, 0) is 9.63 Å². The number of ether oxygens (including phenoxy) is 1. The highest BCUT2D eigenvalue weighted by Crippen LogP contribution is 2.25. The first kappa shape index (κ1) is 20.1. The third-order valence-electron chi connectivity index (χ3n) is 4.69. The Balaban J connectivity index is 1.55. The maximum Gasteiger partial charge on any atom is 0.330 e. The van der Waals surface area contributed by atoms with Crippen LogP contribution in [0.1, 0.15) is 39.3 Å². The van der Waals surface area contributed by atoms with Crippen molar-refractivity contribution in [3.8, 4) is 16.9 Å². The van der Waals surface area contributed by atoms with Gasteiger partial charge < -0.3 is 9.57 Å². The van der Waals surface area contributed by atoms with Crippen molar-refractivity contribution in [1.29, 1.82) is 0 Å². The van der Waals surface area contributed by atoms with Crippen molar-refractivity contribution in [3.63, 3.8) is 0 Å². The Morgan fingerprint density at radius 3 is 2.43 bits per heavy atom. The van der Waals surface area contributed by atoms with Gasteiger partial charge in [0.2, 0.25) is 0 Å². The van der Waals surface area contributed by atoms with E-state index in [9.17, 15) is 9.59 Å². The Bertz CT molecular complexity index is 876. The van der Waals surface area contributed by atoms with Crippen LogP contribution in [0.15, 0.2) is 35.1 Å². The molecule has 2 heterocycles. The number of benzene rings is 1. The van der Waals surface area contributed by atoms with E-state index in [0.29, 0.717) is 13.1 Å². The number of H-pyrrole nitrogens is 1. The molecule has 0 spiro atoms. The van der Waals surface area contributed by atoms with Crippen LogP contribution in [0.2, 0.25) is 0 Å². The van der Waals surface area contributed by atoms with Gasteiger partial charge in [-0.25, -0.2) is 9.89 Å². The van der Waals surface area contributed by atoms with Gasteiger partial charge in [0.25, 0.3) is 5.56 Å². The molecule has 0 saturated carbocycles. The van der Waals surface area contributed by atoms with Crippen LogP contribution >= 0.6 is 0 Å². The molecular weight excluding hydrogens is 358 g/mol. The van der Waals surface area contributed by atoms with Gasteiger partial charge in [-0.15, -0.1) is 5.06 Å². The molecule has 1 aromatic carbocycles. The monoisotopic (exact) mass is 385 g/mol. The van der Waals surface area contributed by atoms with Crippen molar-refractivity contribution in [3.05, 3.63) is 46.4 Å². The predicted octanol–water partition coefficient (Wildman–Crippen LogP) is 3.09. The molecule has 0 radical (unpaired) electrons. The number of nitrogens with zero attached hydrogens (tertiary/aromatic N) is 2. The first-order valence-corrected chi connectivity index (χ1v) is 9.53. The summed E-state index contributed by atoms with van der Waals surface area (Å²) >= 11 is 0. The molecule has 0 atom stereocenters. The fourth-order valence-electron chi connectivity index (χ4n) is 2.96. The first-order valence-electron chi connectivity index (χ1n) is 9.53. The second-order valence-electron chi connectivity index (χ2n) is 8.13. The van der Waals surface area contributed by atoms with E-state index >= 15 is 0 Å². The topological polar surface area (TPSA) is 84.5 Å². The number of rotatable bonds is 4. The second-order valence-corrected chi connectivity index (χ2v) is 8.13. The first-order chi connectivity index (χ1) is 13.2. The zero-order chi connectivity index (χ0) is 20.3. The van der Waals surface area contributed by atoms with E-state index in [1.165, 1.54) is 0 Å². The molecule has 2 aromatic rings. The number of aromatic nitrogens is 2. The molecule has 1 aromatic heterocycles. The zero-order valence-electron chi connectivity index (χ0n) is 16.8. The Kier molecular flexibility index (Phi) is 5.84. The highest BCUT2D eigenvalue weighted by atomic mass is 16.7. The summed E-state index contributed by atoms with van der Waals surface area (Å²) in [6.07, 6.45) is 1.66. The van der Waals surface area contributed by atoms with Crippen molar-refractivity contribution in [2.24, 2.45) is 5.41 Å². The molecule has 150 valence electrons. The molecule has 0 aliphatic carbocycles. The molecule has 7 nitrogen and oxygen atoms in total. The molecule has 7 heteroatoms. The normalized spacial score (nSPS) is 16.0. The second kappa shape index (κ2) is 8.14. The van der Waals surface area contributed by atoms with E-state index in [2.05, 4.69) is 10.2 Å². The molecule has 1 aliphatic rings. The van der Waals surface area contributed by atoms with Gasteiger partial charge in [-0.05, 0) is 45.4 Å². The fourth-order valence-corrected chi connectivity index (χ4v) is 2.96. The smallest absolute Gasteiger partial charge is 0.330 e. The minimum atomic E-state index is -0.507. The fraction of sp³-hybridized carbons (Fsp3) is 0.476. The van der Waals surface area contributed by atoms with Gasteiger partial charge in [0.15, 0.2) is 0 Å². The van der Waals surface area contributed by atoms with Crippen LogP contribution in [0.25, 0.3) is 11.1 Å². The number of hydroxylamine groups is 2. The molecule has 3 rings (SSSR count). The minimum Gasteiger partial charge on any atom is -0.490 e. The summed E-state index contributed by atoms with van der Waals surface area (Å²) < 4.78 is 6.07. The number of hydrogen-bond acceptors (Lipinski definition) is 6. The summed E-state index contributed by atoms with van der Waals surface area (Å²) in [5.41, 5.74) is 1.77. The largest absolute Gasteiger partial charge is 0.490 e. The Hall–Kier alpha value is -2.67. The van der Waals surface area contributed by atoms with Gasteiger partial charge in [0, 0.05) is 37.6 Å². The van der Waals surface area contributed by atoms with Crippen LogP contribution in [0.4, 0.5) is 0 Å². The van der Waals surface area contributed by atoms with Crippen LogP contribution in [0, 0.1) is 12.3 Å². The molecule has 28 heavy (non-hydrogen) atoms. The summed E-state index contributed by atoms with van der Waals surface area (Å²) in [5.74, 6) is 0.566. The number of nitrogens with one attached hydrogen (secondary N) is 1. The lowest BCUT2D eigenvalue weighted by molar-refractivity contribution is -0.207. The SMILES string of the molecule is Cc1n[nH]c(=O)cc1-c1ccc(OC2CCN(OC(=O)C(C)(C)C)CC2)cc1. The van der Waals surface area contributed by atoms with Crippen LogP contribution in [-0.4, -0.2) is 40.4 Å². The van der Waals surface area contributed by atoms with E-state index in [4.69, 9.17) is 9.57 Å². The van der Waals surface area contributed by atoms with Crippen molar-refractivity contribution in [2.75, 3.05) is 13.1 Å². The van der Waals surface area contributed by atoms with Crippen LogP contribution in [0.3, 0.4) is 0 Å². The van der Waals surface area contributed by atoms with E-state index in [1.54, 1.807) is 11.1 Å². The number of aryl methyl sites for hydroxylation is 1. The maximum atomic E-state index is 12.0. The number of carbonyl (C=O) groups is 1. The molecule has 1 aliphatic heterocycles. The molecule has 1 fully saturated rings. The standard InChI is InChI=1S/C21H27N3O4/c1-14-18(13-19(25)23-22-14)15-5-7-16(8-6-15)27-17-9-11-24(12-10-17)28-20(26)21(2,3)4/h5-8,13,17H,9-12H2,1-4H3,(H,23,25). The average molecular weight is 385 g/mol. The van der Waals surface area contributed by atoms with Gasteiger partial charge in [-0.3, -0.25) is 4.79 Å². The Morgan fingerprint density at radius 2 is 1.82 bits per heavy atom. The molecular formula is C21H27N3O4. The summed E-state index contributed by atoms with van der Waals surface area (Å²) in [4.78, 5) is 28.9. The highest BCUT2D eigenvalue weighted by Gasteiger charge is 2.28. The average Bonchev–Trinajstić information content (AvgIpc) is 2.65. The number of aromatic amines is 1. The number of carbonyl (C=O) groups excluding carboxylic acids is 1. The van der Waals surface area contributed by atoms with Gasteiger partial charge in [-0.2, -0.15) is 5.10 Å². The van der Waals surface area contributed by atoms with E-state index in [-0.39, 0.29) is 17.6 Å². The van der Waals surface area contributed by atoms with Crippen LogP contribution < -0.4 is 10.3 Å². The molecule has 0 bridgehead atoms. The molecule has 0 amide bonds. The third-order valence-corrected chi connectivity index (χ3v) is 4.69. The van der Waals surface area contributed by atoms with Gasteiger partial charge >= 0.3 is 5.97 Å². The highest BCUT2D eigenvalue weighted by molar-refractivity contribution is 5.75. The number of piperidine rings is 1. The van der Waals surface area contributed by atoms with E-state index in [0.717, 1.165) is 35.4 Å². The minimum absolute atomic E-state index is 0.0819.